The summed E-state index contributed by atoms with van der Waals surface area (Å²) in [5.74, 6) is -1.91. The van der Waals surface area contributed by atoms with E-state index in [9.17, 15) is 14.4 Å². The average Bonchev–Trinajstić information content (AvgIpc) is 3.12. The molecule has 2 fully saturated rings. The van der Waals surface area contributed by atoms with Crippen molar-refractivity contribution in [1.82, 2.24) is 4.90 Å². The van der Waals surface area contributed by atoms with Gasteiger partial charge >= 0.3 is 0 Å². The molecule has 1 aromatic rings. The summed E-state index contributed by atoms with van der Waals surface area (Å²) >= 11 is 3.44. The fourth-order valence-corrected chi connectivity index (χ4v) is 4.94. The molecule has 3 N–H and O–H groups in total. The molecule has 0 unspecified atom stereocenters. The second-order valence-corrected chi connectivity index (χ2v) is 7.78. The Bertz CT molecular complexity index is 798. The van der Waals surface area contributed by atoms with E-state index in [2.05, 4.69) is 21.2 Å². The Labute approximate surface area is 153 Å². The molecule has 132 valence electrons. The van der Waals surface area contributed by atoms with Crippen molar-refractivity contribution in [3.63, 3.8) is 0 Å². The lowest BCUT2D eigenvalue weighted by Gasteiger charge is -2.25. The van der Waals surface area contributed by atoms with Crippen LogP contribution in [0.15, 0.2) is 22.7 Å². The first-order valence-electron chi connectivity index (χ1n) is 8.23. The van der Waals surface area contributed by atoms with E-state index in [0.717, 1.165) is 10.0 Å². The van der Waals surface area contributed by atoms with E-state index >= 15 is 0 Å². The van der Waals surface area contributed by atoms with Crippen LogP contribution >= 0.6 is 15.9 Å². The highest BCUT2D eigenvalue weighted by Crippen LogP contribution is 2.49. The number of quaternary nitrogens is 1. The standard InChI is InChI=1S/C17H18BrN3O4/c1-8-12-13(15(23)21(14(12)22)5-6-25-2)17(20-8)10-7-9(18)3-4-11(10)19-16(17)24/h3-4,7-8,12-13,20H,5-6H2,1-2H3,(H,19,24)/p+1/t8-,12-,13+,17-/m1/s1. The molecule has 0 aromatic heterocycles. The number of hydrogen-bond acceptors (Lipinski definition) is 4. The maximum atomic E-state index is 13.1. The van der Waals surface area contributed by atoms with Gasteiger partial charge in [-0.1, -0.05) is 15.9 Å². The summed E-state index contributed by atoms with van der Waals surface area (Å²) < 4.78 is 5.85. The normalized spacial score (nSPS) is 33.2. The second kappa shape index (κ2) is 5.62. The van der Waals surface area contributed by atoms with Crippen molar-refractivity contribution in [2.45, 2.75) is 18.5 Å². The van der Waals surface area contributed by atoms with Gasteiger partial charge in [0, 0.05) is 17.1 Å². The van der Waals surface area contributed by atoms with Gasteiger partial charge in [0.2, 0.25) is 17.4 Å². The fraction of sp³-hybridized carbons (Fsp3) is 0.471. The van der Waals surface area contributed by atoms with Crippen molar-refractivity contribution in [1.29, 1.82) is 0 Å². The van der Waals surface area contributed by atoms with E-state index in [-0.39, 0.29) is 36.9 Å². The Morgan fingerprint density at radius 1 is 1.32 bits per heavy atom. The molecule has 8 heteroatoms. The number of carbonyl (C=O) groups excluding carboxylic acids is 3. The fourth-order valence-electron chi connectivity index (χ4n) is 4.57. The molecule has 3 aliphatic rings. The largest absolute Gasteiger partial charge is 0.383 e. The van der Waals surface area contributed by atoms with E-state index < -0.39 is 17.4 Å². The predicted octanol–water partition coefficient (Wildman–Crippen LogP) is -0.190. The molecule has 3 amide bonds. The maximum Gasteiger partial charge on any atom is 0.291 e. The van der Waals surface area contributed by atoms with Crippen LogP contribution in [0.5, 0.6) is 0 Å². The number of carbonyl (C=O) groups is 3. The van der Waals surface area contributed by atoms with E-state index in [1.54, 1.807) is 0 Å². The van der Waals surface area contributed by atoms with Gasteiger partial charge in [0.1, 0.15) is 11.8 Å². The number of benzene rings is 1. The highest BCUT2D eigenvalue weighted by molar-refractivity contribution is 9.10. The monoisotopic (exact) mass is 408 g/mol. The lowest BCUT2D eigenvalue weighted by Crippen LogP contribution is -2.98. The van der Waals surface area contributed by atoms with Gasteiger partial charge in [-0.15, -0.1) is 0 Å². The molecule has 0 saturated carbocycles. The van der Waals surface area contributed by atoms with Crippen LogP contribution in [-0.2, 0) is 24.7 Å². The van der Waals surface area contributed by atoms with Crippen LogP contribution in [0, 0.1) is 11.8 Å². The highest BCUT2D eigenvalue weighted by Gasteiger charge is 2.73. The summed E-state index contributed by atoms with van der Waals surface area (Å²) in [6.45, 7) is 2.41. The summed E-state index contributed by atoms with van der Waals surface area (Å²) in [7, 11) is 1.53. The van der Waals surface area contributed by atoms with Crippen molar-refractivity contribution < 1.29 is 24.4 Å². The zero-order chi connectivity index (χ0) is 17.9. The number of ether oxygens (including phenoxy) is 1. The van der Waals surface area contributed by atoms with Crippen molar-refractivity contribution in [2.75, 3.05) is 25.6 Å². The maximum absolute atomic E-state index is 13.1. The molecular weight excluding hydrogens is 390 g/mol. The zero-order valence-electron chi connectivity index (χ0n) is 13.9. The van der Waals surface area contributed by atoms with Gasteiger partial charge in [0.15, 0.2) is 0 Å². The van der Waals surface area contributed by atoms with E-state index in [0.29, 0.717) is 5.69 Å². The Morgan fingerprint density at radius 2 is 2.08 bits per heavy atom. The number of nitrogens with one attached hydrogen (secondary N) is 1. The lowest BCUT2D eigenvalue weighted by atomic mass is 9.76. The molecule has 7 nitrogen and oxygen atoms in total. The molecule has 0 aliphatic carbocycles. The average molecular weight is 409 g/mol. The van der Waals surface area contributed by atoms with Gasteiger partial charge in [-0.25, -0.2) is 0 Å². The Balaban J connectivity index is 1.83. The third-order valence-electron chi connectivity index (χ3n) is 5.60. The van der Waals surface area contributed by atoms with E-state index in [1.807, 2.05) is 30.4 Å². The number of fused-ring (bicyclic) bond motifs is 4. The predicted molar refractivity (Wildman–Crippen MR) is 91.4 cm³/mol. The van der Waals surface area contributed by atoms with Gasteiger partial charge in [0.25, 0.3) is 5.91 Å². The molecule has 1 aromatic carbocycles. The SMILES string of the molecule is COCCN1C(=O)[C@H]2[C@@H](C1=O)[C@@]1([NH2+][C@@H]2C)C(=O)Nc2ccc(Br)cc21. The number of anilines is 1. The van der Waals surface area contributed by atoms with Crippen LogP contribution in [-0.4, -0.2) is 48.9 Å². The number of methoxy groups -OCH3 is 1. The molecule has 0 radical (unpaired) electrons. The summed E-state index contributed by atoms with van der Waals surface area (Å²) in [5, 5.41) is 4.77. The van der Waals surface area contributed by atoms with Crippen LogP contribution in [0.3, 0.4) is 0 Å². The topological polar surface area (TPSA) is 92.3 Å². The van der Waals surface area contributed by atoms with Crippen molar-refractivity contribution >= 4 is 39.3 Å². The molecule has 3 aliphatic heterocycles. The van der Waals surface area contributed by atoms with Crippen molar-refractivity contribution in [3.05, 3.63) is 28.2 Å². The molecule has 4 rings (SSSR count). The third kappa shape index (κ3) is 2.07. The van der Waals surface area contributed by atoms with Gasteiger partial charge in [-0.2, -0.15) is 0 Å². The van der Waals surface area contributed by atoms with Crippen LogP contribution in [0.1, 0.15) is 12.5 Å². The van der Waals surface area contributed by atoms with Crippen LogP contribution in [0.2, 0.25) is 0 Å². The number of rotatable bonds is 3. The molecule has 4 atom stereocenters. The summed E-state index contributed by atoms with van der Waals surface area (Å²) in [5.41, 5.74) is 0.381. The summed E-state index contributed by atoms with van der Waals surface area (Å²) in [4.78, 5) is 40.1. The molecule has 25 heavy (non-hydrogen) atoms. The smallest absolute Gasteiger partial charge is 0.291 e. The van der Waals surface area contributed by atoms with E-state index in [1.165, 1.54) is 12.0 Å². The quantitative estimate of drug-likeness (QED) is 0.677. The first-order chi connectivity index (χ1) is 11.9. The number of nitrogens with zero attached hydrogens (tertiary/aromatic N) is 1. The van der Waals surface area contributed by atoms with Crippen molar-refractivity contribution in [3.8, 4) is 0 Å². The first-order valence-corrected chi connectivity index (χ1v) is 9.02. The Morgan fingerprint density at radius 3 is 2.80 bits per heavy atom. The van der Waals surface area contributed by atoms with Crippen LogP contribution in [0.4, 0.5) is 5.69 Å². The number of halogens is 1. The third-order valence-corrected chi connectivity index (χ3v) is 6.09. The van der Waals surface area contributed by atoms with Crippen molar-refractivity contribution in [2.24, 2.45) is 11.8 Å². The minimum atomic E-state index is -1.09. The molecule has 3 heterocycles. The van der Waals surface area contributed by atoms with Gasteiger partial charge < -0.3 is 15.4 Å². The first kappa shape index (κ1) is 16.7. The Hall–Kier alpha value is -1.77. The van der Waals surface area contributed by atoms with E-state index in [4.69, 9.17) is 4.74 Å². The van der Waals surface area contributed by atoms with Gasteiger partial charge in [-0.05, 0) is 25.1 Å². The molecule has 0 bridgehead atoms. The second-order valence-electron chi connectivity index (χ2n) is 6.86. The molecular formula is C17H19BrN3O4+. The lowest BCUT2D eigenvalue weighted by molar-refractivity contribution is -0.730. The minimum absolute atomic E-state index is 0.162. The number of hydrogen-bond donors (Lipinski definition) is 2. The number of imide groups is 1. The minimum Gasteiger partial charge on any atom is -0.383 e. The number of likely N-dealkylation sites (tertiary alicyclic amines) is 1. The summed E-state index contributed by atoms with van der Waals surface area (Å²) in [6.07, 6.45) is 0. The molecule has 2 saturated heterocycles. The van der Waals surface area contributed by atoms with Crippen LogP contribution < -0.4 is 10.6 Å². The Kier molecular flexibility index (Phi) is 3.75. The number of nitrogens with two attached hydrogens (primary N) is 1. The highest BCUT2D eigenvalue weighted by atomic mass is 79.9. The summed E-state index contributed by atoms with van der Waals surface area (Å²) in [6, 6.07) is 5.38. The van der Waals surface area contributed by atoms with Gasteiger partial charge in [0.05, 0.1) is 24.9 Å². The van der Waals surface area contributed by atoms with Crippen LogP contribution in [0.25, 0.3) is 0 Å². The zero-order valence-corrected chi connectivity index (χ0v) is 15.5. The number of amides is 3. The molecule has 1 spiro atoms. The van der Waals surface area contributed by atoms with Gasteiger partial charge in [-0.3, -0.25) is 19.3 Å².